The lowest BCUT2D eigenvalue weighted by atomic mass is 10.1. The molecular weight excluding hydrogens is 344 g/mol. The van der Waals surface area contributed by atoms with Crippen molar-refractivity contribution in [3.63, 3.8) is 0 Å². The fourth-order valence-corrected chi connectivity index (χ4v) is 3.41. The highest BCUT2D eigenvalue weighted by atomic mass is 16.5. The number of methoxy groups -OCH3 is 3. The summed E-state index contributed by atoms with van der Waals surface area (Å²) in [6, 6.07) is 4.23. The number of ether oxygens (including phenoxy) is 3. The van der Waals surface area contributed by atoms with Gasteiger partial charge in [0.05, 0.1) is 21.3 Å². The molecule has 1 saturated heterocycles. The van der Waals surface area contributed by atoms with Crippen LogP contribution in [0.25, 0.3) is 0 Å². The van der Waals surface area contributed by atoms with E-state index in [4.69, 9.17) is 14.2 Å². The molecule has 0 unspecified atom stereocenters. The van der Waals surface area contributed by atoms with E-state index in [0.29, 0.717) is 24.1 Å². The average Bonchev–Trinajstić information content (AvgIpc) is 2.71. The number of aliphatic imine (C=N–C) groups is 1. The van der Waals surface area contributed by atoms with E-state index in [2.05, 4.69) is 27.4 Å². The van der Waals surface area contributed by atoms with E-state index in [1.807, 2.05) is 12.1 Å². The predicted octanol–water partition coefficient (Wildman–Crippen LogP) is 2.25. The molecule has 1 aromatic carbocycles. The predicted molar refractivity (Wildman–Crippen MR) is 109 cm³/mol. The normalized spacial score (nSPS) is 16.1. The van der Waals surface area contributed by atoms with Gasteiger partial charge in [-0.3, -0.25) is 4.99 Å². The molecule has 0 saturated carbocycles. The van der Waals surface area contributed by atoms with E-state index >= 15 is 0 Å². The Kier molecular flexibility index (Phi) is 8.51. The SMILES string of the molecule is CCCN1CCC(NC(=NC)NCc2cc(OC)c(OC)cc2OC)CC1. The summed E-state index contributed by atoms with van der Waals surface area (Å²) in [5.41, 5.74) is 0.982. The van der Waals surface area contributed by atoms with Crippen molar-refractivity contribution in [1.82, 2.24) is 15.5 Å². The van der Waals surface area contributed by atoms with Crippen LogP contribution in [0.15, 0.2) is 17.1 Å². The first-order valence-corrected chi connectivity index (χ1v) is 9.63. The fourth-order valence-electron chi connectivity index (χ4n) is 3.41. The molecule has 2 N–H and O–H groups in total. The van der Waals surface area contributed by atoms with Gasteiger partial charge in [-0.05, 0) is 31.9 Å². The Morgan fingerprint density at radius 2 is 1.70 bits per heavy atom. The standard InChI is InChI=1S/C20H34N4O3/c1-6-9-24-10-7-16(8-11-24)23-20(21-2)22-14-15-12-18(26-4)19(27-5)13-17(15)25-3/h12-13,16H,6-11,14H2,1-5H3,(H2,21,22,23). The maximum Gasteiger partial charge on any atom is 0.191 e. The maximum atomic E-state index is 5.50. The molecule has 152 valence electrons. The summed E-state index contributed by atoms with van der Waals surface area (Å²) in [4.78, 5) is 6.90. The van der Waals surface area contributed by atoms with Crippen molar-refractivity contribution in [3.8, 4) is 17.2 Å². The van der Waals surface area contributed by atoms with Gasteiger partial charge in [0.15, 0.2) is 17.5 Å². The van der Waals surface area contributed by atoms with E-state index in [1.165, 1.54) is 13.0 Å². The molecule has 0 aromatic heterocycles. The molecule has 1 aliphatic heterocycles. The second-order valence-corrected chi connectivity index (χ2v) is 6.71. The van der Waals surface area contributed by atoms with Gasteiger partial charge >= 0.3 is 0 Å². The van der Waals surface area contributed by atoms with E-state index in [0.717, 1.165) is 43.2 Å². The number of hydrogen-bond donors (Lipinski definition) is 2. The largest absolute Gasteiger partial charge is 0.496 e. The van der Waals surface area contributed by atoms with Gasteiger partial charge < -0.3 is 29.7 Å². The molecule has 2 rings (SSSR count). The zero-order valence-electron chi connectivity index (χ0n) is 17.3. The smallest absolute Gasteiger partial charge is 0.191 e. The van der Waals surface area contributed by atoms with Crippen LogP contribution in [0.2, 0.25) is 0 Å². The lowest BCUT2D eigenvalue weighted by molar-refractivity contribution is 0.206. The van der Waals surface area contributed by atoms with E-state index in [9.17, 15) is 0 Å². The van der Waals surface area contributed by atoms with Crippen molar-refractivity contribution in [2.75, 3.05) is 48.0 Å². The Labute approximate surface area is 163 Å². The average molecular weight is 379 g/mol. The third kappa shape index (κ3) is 5.92. The number of guanidine groups is 1. The molecule has 0 atom stereocenters. The van der Waals surface area contributed by atoms with Crippen LogP contribution in [0, 0.1) is 0 Å². The molecule has 0 bridgehead atoms. The number of rotatable bonds is 8. The first kappa shape index (κ1) is 21.2. The zero-order chi connectivity index (χ0) is 19.6. The first-order valence-electron chi connectivity index (χ1n) is 9.63. The van der Waals surface area contributed by atoms with Crippen LogP contribution in [0.1, 0.15) is 31.7 Å². The number of likely N-dealkylation sites (tertiary alicyclic amines) is 1. The lowest BCUT2D eigenvalue weighted by Crippen LogP contribution is -2.48. The Morgan fingerprint density at radius 3 is 2.26 bits per heavy atom. The Bertz CT molecular complexity index is 613. The quantitative estimate of drug-likeness (QED) is 0.534. The highest BCUT2D eigenvalue weighted by molar-refractivity contribution is 5.80. The van der Waals surface area contributed by atoms with Crippen molar-refractivity contribution >= 4 is 5.96 Å². The molecule has 0 aliphatic carbocycles. The summed E-state index contributed by atoms with van der Waals surface area (Å²) in [5, 5.41) is 6.92. The van der Waals surface area contributed by atoms with Crippen LogP contribution in [0.4, 0.5) is 0 Å². The van der Waals surface area contributed by atoms with Gasteiger partial charge in [-0.2, -0.15) is 0 Å². The van der Waals surface area contributed by atoms with Gasteiger partial charge in [-0.1, -0.05) is 6.92 Å². The summed E-state index contributed by atoms with van der Waals surface area (Å²) in [5.74, 6) is 2.89. The Balaban J connectivity index is 1.94. The van der Waals surface area contributed by atoms with Gasteiger partial charge in [0.1, 0.15) is 5.75 Å². The number of piperidine rings is 1. The van der Waals surface area contributed by atoms with Crippen LogP contribution in [0.5, 0.6) is 17.2 Å². The summed E-state index contributed by atoms with van der Waals surface area (Å²) in [6.07, 6.45) is 3.50. The summed E-state index contributed by atoms with van der Waals surface area (Å²) in [7, 11) is 6.70. The lowest BCUT2D eigenvalue weighted by Gasteiger charge is -2.32. The van der Waals surface area contributed by atoms with Crippen molar-refractivity contribution in [2.45, 2.75) is 38.8 Å². The number of hydrogen-bond acceptors (Lipinski definition) is 5. The maximum absolute atomic E-state index is 5.50. The van der Waals surface area contributed by atoms with Gasteiger partial charge in [-0.25, -0.2) is 0 Å². The third-order valence-electron chi connectivity index (χ3n) is 4.92. The molecule has 27 heavy (non-hydrogen) atoms. The van der Waals surface area contributed by atoms with Crippen molar-refractivity contribution < 1.29 is 14.2 Å². The molecule has 0 amide bonds. The summed E-state index contributed by atoms with van der Waals surface area (Å²) >= 11 is 0. The van der Waals surface area contributed by atoms with Crippen molar-refractivity contribution in [3.05, 3.63) is 17.7 Å². The van der Waals surface area contributed by atoms with Gasteiger partial charge in [0.25, 0.3) is 0 Å². The number of nitrogens with zero attached hydrogens (tertiary/aromatic N) is 2. The van der Waals surface area contributed by atoms with Gasteiger partial charge in [0.2, 0.25) is 0 Å². The molecule has 0 spiro atoms. The molecular formula is C20H34N4O3. The van der Waals surface area contributed by atoms with Crippen LogP contribution in [0.3, 0.4) is 0 Å². The summed E-state index contributed by atoms with van der Waals surface area (Å²) < 4.78 is 16.2. The molecule has 1 fully saturated rings. The molecule has 1 heterocycles. The van der Waals surface area contributed by atoms with E-state index < -0.39 is 0 Å². The zero-order valence-corrected chi connectivity index (χ0v) is 17.3. The Hall–Kier alpha value is -2.15. The molecule has 7 nitrogen and oxygen atoms in total. The minimum Gasteiger partial charge on any atom is -0.496 e. The molecule has 1 aliphatic rings. The highest BCUT2D eigenvalue weighted by Gasteiger charge is 2.19. The van der Waals surface area contributed by atoms with Crippen LogP contribution >= 0.6 is 0 Å². The minimum atomic E-state index is 0.455. The topological polar surface area (TPSA) is 67.4 Å². The van der Waals surface area contributed by atoms with Gasteiger partial charge in [0, 0.05) is 44.4 Å². The van der Waals surface area contributed by atoms with Crippen LogP contribution < -0.4 is 24.8 Å². The monoisotopic (exact) mass is 378 g/mol. The van der Waals surface area contributed by atoms with Gasteiger partial charge in [-0.15, -0.1) is 0 Å². The second kappa shape index (κ2) is 10.9. The minimum absolute atomic E-state index is 0.455. The van der Waals surface area contributed by atoms with Crippen molar-refractivity contribution in [2.24, 2.45) is 4.99 Å². The van der Waals surface area contributed by atoms with Crippen LogP contribution in [-0.2, 0) is 6.54 Å². The third-order valence-corrected chi connectivity index (χ3v) is 4.92. The Morgan fingerprint density at radius 1 is 1.07 bits per heavy atom. The number of benzene rings is 1. The fraction of sp³-hybridized carbons (Fsp3) is 0.650. The molecule has 0 radical (unpaired) electrons. The summed E-state index contributed by atoms with van der Waals surface area (Å²) in [6.45, 7) is 6.30. The van der Waals surface area contributed by atoms with Crippen LogP contribution in [-0.4, -0.2) is 64.9 Å². The molecule has 1 aromatic rings. The number of nitrogens with one attached hydrogen (secondary N) is 2. The highest BCUT2D eigenvalue weighted by Crippen LogP contribution is 2.34. The van der Waals surface area contributed by atoms with E-state index in [-0.39, 0.29) is 0 Å². The van der Waals surface area contributed by atoms with E-state index in [1.54, 1.807) is 28.4 Å². The first-order chi connectivity index (χ1) is 13.1. The second-order valence-electron chi connectivity index (χ2n) is 6.71. The molecule has 7 heteroatoms. The van der Waals surface area contributed by atoms with Crippen molar-refractivity contribution in [1.29, 1.82) is 0 Å².